The summed E-state index contributed by atoms with van der Waals surface area (Å²) in [6.07, 6.45) is 5.78. The molecule has 1 aromatic carbocycles. The zero-order valence-electron chi connectivity index (χ0n) is 15.2. The van der Waals surface area contributed by atoms with Gasteiger partial charge in [0.2, 0.25) is 0 Å². The molecule has 0 radical (unpaired) electrons. The third kappa shape index (κ3) is 2.74. The molecule has 3 atom stereocenters. The van der Waals surface area contributed by atoms with Gasteiger partial charge in [-0.15, -0.1) is 0 Å². The van der Waals surface area contributed by atoms with Crippen LogP contribution < -0.4 is 4.74 Å². The van der Waals surface area contributed by atoms with Crippen LogP contribution in [-0.4, -0.2) is 29.9 Å². The smallest absolute Gasteiger partial charge is 0.166 e. The first-order chi connectivity index (χ1) is 12.4. The van der Waals surface area contributed by atoms with Crippen LogP contribution in [0.15, 0.2) is 60.2 Å². The minimum atomic E-state index is -0.882. The largest absolute Gasteiger partial charge is 0.491 e. The van der Waals surface area contributed by atoms with Crippen LogP contribution in [0.25, 0.3) is 0 Å². The number of ether oxygens (including phenoxy) is 1. The lowest BCUT2D eigenvalue weighted by molar-refractivity contribution is -0.137. The summed E-state index contributed by atoms with van der Waals surface area (Å²) in [6.45, 7) is 7.59. The molecule has 4 heteroatoms. The second-order valence-electron chi connectivity index (χ2n) is 7.08. The van der Waals surface area contributed by atoms with Crippen LogP contribution in [0, 0.1) is 11.3 Å². The molecule has 3 rings (SSSR count). The number of aliphatic hydroxyl groups is 1. The van der Waals surface area contributed by atoms with Gasteiger partial charge in [0, 0.05) is 17.4 Å². The maximum atomic E-state index is 13.2. The van der Waals surface area contributed by atoms with Crippen molar-refractivity contribution in [2.75, 3.05) is 13.2 Å². The van der Waals surface area contributed by atoms with Gasteiger partial charge in [-0.2, -0.15) is 0 Å². The van der Waals surface area contributed by atoms with Crippen molar-refractivity contribution in [2.45, 2.75) is 26.2 Å². The number of rotatable bonds is 5. The fraction of sp³-hybridized carbons (Fsp3) is 0.364. The summed E-state index contributed by atoms with van der Waals surface area (Å²) in [6, 6.07) is 7.51. The van der Waals surface area contributed by atoms with E-state index in [0.29, 0.717) is 17.7 Å². The van der Waals surface area contributed by atoms with Gasteiger partial charge in [-0.05, 0) is 36.6 Å². The van der Waals surface area contributed by atoms with E-state index in [-0.39, 0.29) is 30.7 Å². The molecule has 1 aromatic rings. The van der Waals surface area contributed by atoms with Crippen LogP contribution in [0.5, 0.6) is 5.75 Å². The number of fused-ring (bicyclic) bond motifs is 1. The Morgan fingerprint density at radius 3 is 2.77 bits per heavy atom. The number of allylic oxidation sites excluding steroid dienone is 5. The third-order valence-electron chi connectivity index (χ3n) is 5.61. The normalized spacial score (nSPS) is 28.1. The highest BCUT2D eigenvalue weighted by Crippen LogP contribution is 2.56. The fourth-order valence-electron chi connectivity index (χ4n) is 4.38. The van der Waals surface area contributed by atoms with Gasteiger partial charge in [0.25, 0.3) is 0 Å². The molecule has 0 saturated heterocycles. The fourth-order valence-corrected chi connectivity index (χ4v) is 4.38. The van der Waals surface area contributed by atoms with Crippen molar-refractivity contribution >= 4 is 11.6 Å². The zero-order chi connectivity index (χ0) is 18.9. The summed E-state index contributed by atoms with van der Waals surface area (Å²) < 4.78 is 5.72. The van der Waals surface area contributed by atoms with Crippen LogP contribution in [0.3, 0.4) is 0 Å². The van der Waals surface area contributed by atoms with Gasteiger partial charge in [-0.25, -0.2) is 0 Å². The number of hydrogen-bond donors (Lipinski definition) is 1. The van der Waals surface area contributed by atoms with Crippen molar-refractivity contribution in [3.8, 4) is 5.75 Å². The highest BCUT2D eigenvalue weighted by atomic mass is 16.5. The molecule has 1 N–H and O–H groups in total. The summed E-state index contributed by atoms with van der Waals surface area (Å²) in [4.78, 5) is 25.9. The van der Waals surface area contributed by atoms with Gasteiger partial charge in [-0.1, -0.05) is 43.9 Å². The average Bonchev–Trinajstić information content (AvgIpc) is 2.64. The number of ketones is 2. The molecular weight excluding hydrogens is 328 g/mol. The molecule has 2 aliphatic carbocycles. The first-order valence-electron chi connectivity index (χ1n) is 8.87. The third-order valence-corrected chi connectivity index (χ3v) is 5.61. The molecule has 0 amide bonds. The van der Waals surface area contributed by atoms with E-state index in [9.17, 15) is 9.59 Å². The van der Waals surface area contributed by atoms with E-state index in [0.717, 1.165) is 11.1 Å². The van der Waals surface area contributed by atoms with Crippen molar-refractivity contribution < 1.29 is 19.4 Å². The molecule has 0 unspecified atom stereocenters. The van der Waals surface area contributed by atoms with Crippen LogP contribution in [0.4, 0.5) is 0 Å². The molecule has 0 fully saturated rings. The predicted octanol–water partition coefficient (Wildman–Crippen LogP) is 3.38. The van der Waals surface area contributed by atoms with Gasteiger partial charge in [0.05, 0.1) is 12.0 Å². The van der Waals surface area contributed by atoms with E-state index in [1.165, 1.54) is 6.08 Å². The quantitative estimate of drug-likeness (QED) is 0.882. The Morgan fingerprint density at radius 1 is 1.35 bits per heavy atom. The Bertz CT molecular complexity index is 817. The molecule has 0 bridgehead atoms. The monoisotopic (exact) mass is 352 g/mol. The molecule has 136 valence electrons. The van der Waals surface area contributed by atoms with Crippen molar-refractivity contribution in [3.05, 3.63) is 65.8 Å². The van der Waals surface area contributed by atoms with E-state index in [2.05, 4.69) is 6.58 Å². The lowest BCUT2D eigenvalue weighted by atomic mass is 9.53. The summed E-state index contributed by atoms with van der Waals surface area (Å²) in [7, 11) is 0. The van der Waals surface area contributed by atoms with Gasteiger partial charge >= 0.3 is 0 Å². The van der Waals surface area contributed by atoms with Crippen molar-refractivity contribution in [2.24, 2.45) is 11.3 Å². The van der Waals surface area contributed by atoms with Crippen LogP contribution in [-0.2, 0) is 9.59 Å². The number of Topliss-reactive ketones (excluding diaryl/α,β-unsaturated/α-hetero) is 1. The lowest BCUT2D eigenvalue weighted by Crippen LogP contribution is -2.49. The van der Waals surface area contributed by atoms with Crippen LogP contribution in [0.2, 0.25) is 0 Å². The van der Waals surface area contributed by atoms with Crippen molar-refractivity contribution in [1.29, 1.82) is 0 Å². The van der Waals surface area contributed by atoms with Crippen molar-refractivity contribution in [3.63, 3.8) is 0 Å². The standard InChI is InChI=1S/C22H24O4/c1-4-15-9-10-17-18(24)13-14(2)21(25)22(17,3)20(15)16-7-5-6-8-19(16)26-12-11-23/h4-9,13,17,20,23H,1,10-12H2,2-3H3/t17-,20+,22+/m0/s1. The molecule has 4 nitrogen and oxygen atoms in total. The average molecular weight is 352 g/mol. The Balaban J connectivity index is 2.20. The SMILES string of the molecule is C=CC1=CC[C@H]2C(=O)C=C(C)C(=O)[C@@]2(C)[C@H]1c1ccccc1OCCO. The van der Waals surface area contributed by atoms with Crippen LogP contribution >= 0.6 is 0 Å². The summed E-state index contributed by atoms with van der Waals surface area (Å²) in [5.74, 6) is -0.0973. The summed E-state index contributed by atoms with van der Waals surface area (Å²) in [5, 5.41) is 9.12. The number of carbonyl (C=O) groups is 2. The Labute approximate surface area is 153 Å². The molecule has 0 aliphatic heterocycles. The van der Waals surface area contributed by atoms with Gasteiger partial charge in [0.15, 0.2) is 11.6 Å². The highest BCUT2D eigenvalue weighted by Gasteiger charge is 2.55. The van der Waals surface area contributed by atoms with E-state index in [1.807, 2.05) is 37.3 Å². The molecule has 0 heterocycles. The van der Waals surface area contributed by atoms with E-state index < -0.39 is 11.3 Å². The maximum Gasteiger partial charge on any atom is 0.166 e. The summed E-state index contributed by atoms with van der Waals surface area (Å²) in [5.41, 5.74) is 1.39. The maximum absolute atomic E-state index is 13.2. The summed E-state index contributed by atoms with van der Waals surface area (Å²) >= 11 is 0. The van der Waals surface area contributed by atoms with Gasteiger partial charge in [-0.3, -0.25) is 9.59 Å². The van der Waals surface area contributed by atoms with Gasteiger partial charge in [0.1, 0.15) is 12.4 Å². The van der Waals surface area contributed by atoms with E-state index in [1.54, 1.807) is 13.0 Å². The van der Waals surface area contributed by atoms with Gasteiger partial charge < -0.3 is 9.84 Å². The zero-order valence-corrected chi connectivity index (χ0v) is 15.2. The molecular formula is C22H24O4. The number of aliphatic hydroxyl groups excluding tert-OH is 1. The lowest BCUT2D eigenvalue weighted by Gasteiger charge is -2.47. The minimum Gasteiger partial charge on any atom is -0.491 e. The first-order valence-corrected chi connectivity index (χ1v) is 8.87. The van der Waals surface area contributed by atoms with E-state index in [4.69, 9.17) is 9.84 Å². The Kier molecular flexibility index (Phi) is 4.97. The van der Waals surface area contributed by atoms with E-state index >= 15 is 0 Å². The molecule has 0 spiro atoms. The molecule has 0 saturated carbocycles. The number of hydrogen-bond acceptors (Lipinski definition) is 4. The molecule has 26 heavy (non-hydrogen) atoms. The number of carbonyl (C=O) groups excluding carboxylic acids is 2. The second-order valence-corrected chi connectivity index (χ2v) is 7.08. The topological polar surface area (TPSA) is 63.6 Å². The first kappa shape index (κ1) is 18.3. The number of benzene rings is 1. The minimum absolute atomic E-state index is 0.00252. The number of para-hydroxylation sites is 1. The predicted molar refractivity (Wildman–Crippen MR) is 100 cm³/mol. The second kappa shape index (κ2) is 7.04. The Hall–Kier alpha value is -2.46. The molecule has 2 aliphatic rings. The molecule has 0 aromatic heterocycles. The highest BCUT2D eigenvalue weighted by molar-refractivity contribution is 6.13. The Morgan fingerprint density at radius 2 is 2.08 bits per heavy atom. The van der Waals surface area contributed by atoms with Crippen LogP contribution in [0.1, 0.15) is 31.7 Å². The van der Waals surface area contributed by atoms with Crippen molar-refractivity contribution in [1.82, 2.24) is 0 Å².